The number of carbonyl (C=O) groups is 2. The molecular formula is C19H23N3O5. The van der Waals surface area contributed by atoms with Crippen molar-refractivity contribution in [2.24, 2.45) is 11.8 Å². The number of nitrogens with zero attached hydrogens (tertiary/aromatic N) is 2. The normalized spacial score (nSPS) is 19.1. The molecule has 8 nitrogen and oxygen atoms in total. The SMILES string of the molecule is Cc1noc2nc(C3CC3)cc(C(=O)NCC(C(=O)O)C3CCOCC3)c12. The maximum absolute atomic E-state index is 12.9. The van der Waals surface area contributed by atoms with Crippen molar-refractivity contribution < 1.29 is 24.0 Å². The summed E-state index contributed by atoms with van der Waals surface area (Å²) in [5, 5.41) is 16.9. The van der Waals surface area contributed by atoms with Crippen LogP contribution in [0.15, 0.2) is 10.6 Å². The highest BCUT2D eigenvalue weighted by Gasteiger charge is 2.31. The van der Waals surface area contributed by atoms with Gasteiger partial charge in [0.15, 0.2) is 0 Å². The van der Waals surface area contributed by atoms with Gasteiger partial charge in [0.2, 0.25) is 0 Å². The molecule has 3 heterocycles. The number of pyridine rings is 1. The van der Waals surface area contributed by atoms with E-state index < -0.39 is 11.9 Å². The van der Waals surface area contributed by atoms with E-state index in [4.69, 9.17) is 9.26 Å². The quantitative estimate of drug-likeness (QED) is 0.798. The lowest BCUT2D eigenvalue weighted by atomic mass is 9.86. The van der Waals surface area contributed by atoms with E-state index in [0.29, 0.717) is 54.3 Å². The van der Waals surface area contributed by atoms with Gasteiger partial charge in [0.05, 0.1) is 22.6 Å². The zero-order valence-corrected chi connectivity index (χ0v) is 15.2. The number of aliphatic carboxylic acids is 1. The molecule has 0 radical (unpaired) electrons. The molecule has 27 heavy (non-hydrogen) atoms. The minimum Gasteiger partial charge on any atom is -0.481 e. The molecule has 2 aliphatic rings. The van der Waals surface area contributed by atoms with Gasteiger partial charge in [-0.05, 0) is 44.6 Å². The van der Waals surface area contributed by atoms with Crippen LogP contribution in [0.2, 0.25) is 0 Å². The molecule has 1 atom stereocenters. The van der Waals surface area contributed by atoms with Crippen LogP contribution in [0, 0.1) is 18.8 Å². The molecular weight excluding hydrogens is 350 g/mol. The van der Waals surface area contributed by atoms with Crippen molar-refractivity contribution in [1.82, 2.24) is 15.5 Å². The van der Waals surface area contributed by atoms with Gasteiger partial charge in [-0.15, -0.1) is 0 Å². The minimum absolute atomic E-state index is 0.00774. The number of aryl methyl sites for hydroxylation is 1. The Morgan fingerprint density at radius 1 is 1.30 bits per heavy atom. The van der Waals surface area contributed by atoms with E-state index >= 15 is 0 Å². The van der Waals surface area contributed by atoms with Gasteiger partial charge in [-0.2, -0.15) is 0 Å². The molecule has 4 rings (SSSR count). The lowest BCUT2D eigenvalue weighted by Gasteiger charge is -2.27. The predicted octanol–water partition coefficient (Wildman–Crippen LogP) is 2.27. The maximum Gasteiger partial charge on any atom is 0.308 e. The topological polar surface area (TPSA) is 115 Å². The third-order valence-corrected chi connectivity index (χ3v) is 5.51. The van der Waals surface area contributed by atoms with Crippen molar-refractivity contribution >= 4 is 23.0 Å². The smallest absolute Gasteiger partial charge is 0.308 e. The Morgan fingerprint density at radius 3 is 2.70 bits per heavy atom. The molecule has 1 aliphatic carbocycles. The van der Waals surface area contributed by atoms with Crippen LogP contribution in [0.3, 0.4) is 0 Å². The fourth-order valence-corrected chi connectivity index (χ4v) is 3.75. The number of carboxylic acid groups (broad SMARTS) is 1. The molecule has 1 saturated heterocycles. The number of nitrogens with one attached hydrogen (secondary N) is 1. The zero-order valence-electron chi connectivity index (χ0n) is 15.2. The first-order chi connectivity index (χ1) is 13.0. The molecule has 2 N–H and O–H groups in total. The Morgan fingerprint density at radius 2 is 2.04 bits per heavy atom. The number of rotatable bonds is 6. The average Bonchev–Trinajstić information content (AvgIpc) is 3.45. The van der Waals surface area contributed by atoms with Gasteiger partial charge < -0.3 is 19.7 Å². The van der Waals surface area contributed by atoms with E-state index in [1.54, 1.807) is 13.0 Å². The molecule has 144 valence electrons. The van der Waals surface area contributed by atoms with Crippen LogP contribution in [-0.4, -0.2) is 46.9 Å². The van der Waals surface area contributed by atoms with Gasteiger partial charge in [-0.25, -0.2) is 4.98 Å². The van der Waals surface area contributed by atoms with Gasteiger partial charge in [0.25, 0.3) is 11.6 Å². The Balaban J connectivity index is 1.55. The fraction of sp³-hybridized carbons (Fsp3) is 0.579. The molecule has 1 unspecified atom stereocenters. The number of ether oxygens (including phenoxy) is 1. The summed E-state index contributed by atoms with van der Waals surface area (Å²) >= 11 is 0. The number of hydrogen-bond donors (Lipinski definition) is 2. The largest absolute Gasteiger partial charge is 0.481 e. The summed E-state index contributed by atoms with van der Waals surface area (Å²) in [5.41, 5.74) is 2.25. The summed E-state index contributed by atoms with van der Waals surface area (Å²) in [6.45, 7) is 2.99. The molecule has 2 aromatic rings. The van der Waals surface area contributed by atoms with Crippen molar-refractivity contribution in [3.05, 3.63) is 23.0 Å². The second kappa shape index (κ2) is 7.26. The molecule has 1 amide bonds. The molecule has 1 saturated carbocycles. The fourth-order valence-electron chi connectivity index (χ4n) is 3.75. The van der Waals surface area contributed by atoms with Gasteiger partial charge in [-0.3, -0.25) is 9.59 Å². The molecule has 0 aromatic carbocycles. The van der Waals surface area contributed by atoms with Gasteiger partial charge in [0, 0.05) is 31.4 Å². The first-order valence-corrected chi connectivity index (χ1v) is 9.40. The first kappa shape index (κ1) is 17.9. The average molecular weight is 373 g/mol. The summed E-state index contributed by atoms with van der Waals surface area (Å²) in [6.07, 6.45) is 3.50. The van der Waals surface area contributed by atoms with Crippen molar-refractivity contribution in [3.8, 4) is 0 Å². The van der Waals surface area contributed by atoms with Crippen LogP contribution in [0.25, 0.3) is 11.1 Å². The lowest BCUT2D eigenvalue weighted by Crippen LogP contribution is -2.39. The Kier molecular flexibility index (Phi) is 4.82. The number of carbonyl (C=O) groups excluding carboxylic acids is 1. The zero-order chi connectivity index (χ0) is 19.0. The third kappa shape index (κ3) is 3.66. The van der Waals surface area contributed by atoms with E-state index in [0.717, 1.165) is 18.5 Å². The second-order valence-corrected chi connectivity index (χ2v) is 7.42. The molecule has 0 bridgehead atoms. The summed E-state index contributed by atoms with van der Waals surface area (Å²) < 4.78 is 10.6. The Bertz CT molecular complexity index is 868. The van der Waals surface area contributed by atoms with E-state index in [1.165, 1.54) is 0 Å². The van der Waals surface area contributed by atoms with E-state index in [-0.39, 0.29) is 18.4 Å². The highest BCUT2D eigenvalue weighted by Crippen LogP contribution is 2.40. The number of carboxylic acids is 1. The number of fused-ring (bicyclic) bond motifs is 1. The van der Waals surface area contributed by atoms with Gasteiger partial charge in [0.1, 0.15) is 0 Å². The van der Waals surface area contributed by atoms with Crippen LogP contribution < -0.4 is 5.32 Å². The van der Waals surface area contributed by atoms with Crippen molar-refractivity contribution in [3.63, 3.8) is 0 Å². The number of aromatic nitrogens is 2. The highest BCUT2D eigenvalue weighted by atomic mass is 16.5. The Labute approximate surface area is 156 Å². The standard InChI is InChI=1S/C19H23N3O5/c1-10-16-13(8-15(12-2-3-12)21-18(16)27-22-10)17(23)20-9-14(19(24)25)11-4-6-26-7-5-11/h8,11-12,14H,2-7,9H2,1H3,(H,20,23)(H,24,25). The molecule has 2 aromatic heterocycles. The molecule has 2 fully saturated rings. The van der Waals surface area contributed by atoms with Crippen LogP contribution in [-0.2, 0) is 9.53 Å². The van der Waals surface area contributed by atoms with Crippen LogP contribution in [0.5, 0.6) is 0 Å². The van der Waals surface area contributed by atoms with E-state index in [9.17, 15) is 14.7 Å². The molecule has 8 heteroatoms. The van der Waals surface area contributed by atoms with Crippen LogP contribution in [0.1, 0.15) is 53.3 Å². The highest BCUT2D eigenvalue weighted by molar-refractivity contribution is 6.06. The summed E-state index contributed by atoms with van der Waals surface area (Å²) in [4.78, 5) is 29.1. The van der Waals surface area contributed by atoms with E-state index in [2.05, 4.69) is 15.5 Å². The van der Waals surface area contributed by atoms with E-state index in [1.807, 2.05) is 0 Å². The summed E-state index contributed by atoms with van der Waals surface area (Å²) in [6, 6.07) is 1.80. The van der Waals surface area contributed by atoms with Crippen molar-refractivity contribution in [2.75, 3.05) is 19.8 Å². The molecule has 0 spiro atoms. The summed E-state index contributed by atoms with van der Waals surface area (Å²) in [7, 11) is 0. The third-order valence-electron chi connectivity index (χ3n) is 5.51. The summed E-state index contributed by atoms with van der Waals surface area (Å²) in [5.74, 6) is -1.45. The van der Waals surface area contributed by atoms with Crippen molar-refractivity contribution in [2.45, 2.75) is 38.5 Å². The molecule has 1 aliphatic heterocycles. The predicted molar refractivity (Wildman–Crippen MR) is 95.5 cm³/mol. The van der Waals surface area contributed by atoms with Crippen LogP contribution >= 0.6 is 0 Å². The lowest BCUT2D eigenvalue weighted by molar-refractivity contribution is -0.144. The van der Waals surface area contributed by atoms with Gasteiger partial charge in [-0.1, -0.05) is 5.16 Å². The number of hydrogen-bond acceptors (Lipinski definition) is 6. The first-order valence-electron chi connectivity index (χ1n) is 9.40. The van der Waals surface area contributed by atoms with Crippen molar-refractivity contribution in [1.29, 1.82) is 0 Å². The Hall–Kier alpha value is -2.48. The monoisotopic (exact) mass is 373 g/mol. The minimum atomic E-state index is -0.887. The van der Waals surface area contributed by atoms with Gasteiger partial charge >= 0.3 is 5.97 Å². The number of amides is 1. The van der Waals surface area contributed by atoms with Crippen LogP contribution in [0.4, 0.5) is 0 Å². The maximum atomic E-state index is 12.9. The second-order valence-electron chi connectivity index (χ2n) is 7.42.